The van der Waals surface area contributed by atoms with Crippen LogP contribution in [-0.2, 0) is 30.4 Å². The van der Waals surface area contributed by atoms with Crippen molar-refractivity contribution in [2.24, 2.45) is 56.7 Å². The van der Waals surface area contributed by atoms with Gasteiger partial charge in [-0.05, 0) is 135 Å². The van der Waals surface area contributed by atoms with Gasteiger partial charge in [-0.25, -0.2) is 0 Å². The zero-order valence-electron chi connectivity index (χ0n) is 35.7. The van der Waals surface area contributed by atoms with Gasteiger partial charge in [0.2, 0.25) is 0 Å². The minimum absolute atomic E-state index is 0.0733. The summed E-state index contributed by atoms with van der Waals surface area (Å²) < 4.78 is 11.6. The van der Waals surface area contributed by atoms with Gasteiger partial charge in [-0.15, -0.1) is 0 Å². The molecule has 0 aliphatic heterocycles. The van der Waals surface area contributed by atoms with Gasteiger partial charge < -0.3 is 19.7 Å². The van der Waals surface area contributed by atoms with Crippen molar-refractivity contribution in [3.63, 3.8) is 0 Å². The number of fused-ring (bicyclic) bond motifs is 7. The number of carbonyl (C=O) groups is 3. The van der Waals surface area contributed by atoms with E-state index in [4.69, 9.17) is 21.1 Å². The van der Waals surface area contributed by atoms with Crippen LogP contribution in [0.5, 0.6) is 0 Å². The molecule has 56 heavy (non-hydrogen) atoms. The van der Waals surface area contributed by atoms with Gasteiger partial charge in [-0.3, -0.25) is 19.3 Å². The number of Topliss-reactive ketones (excluding diaryl/α,β-unsaturated/α-hetero) is 1. The number of methoxy groups -OCH3 is 1. The number of ether oxygens (including phenoxy) is 2. The monoisotopic (exact) mass is 795 g/mol. The highest BCUT2D eigenvalue weighted by molar-refractivity contribution is 6.30. The molecule has 4 saturated carbocycles. The Morgan fingerprint density at radius 3 is 2.29 bits per heavy atom. The largest absolute Gasteiger partial charge is 0.481 e. The van der Waals surface area contributed by atoms with Crippen LogP contribution >= 0.6 is 11.6 Å². The molecular formula is C47H70ClNO7. The standard InChI is InChI=1S/C47H70ClNO7/c1-29(2)40-34(50)25-47(37(51)28-49(23-10-24-55-9)27-30-11-13-31(48)14-12-30)22-17-33-32(41(40)47)15-16-36-45(33,7)20-18-35-44(5,6)38(19-21-46(35,36)8)56-39(52)26-43(3,4)42(53)54/h11-14,29,32-33,35-38,51H,10,15-28H2,1-9H3,(H,53,54)/t32?,33?,35?,36?,37-,38?,45?,46?,47?/m0/s1. The molecule has 9 heteroatoms. The fourth-order valence-corrected chi connectivity index (χ4v) is 13.7. The molecule has 2 N–H and O–H groups in total. The predicted molar refractivity (Wildman–Crippen MR) is 220 cm³/mol. The Morgan fingerprint density at radius 2 is 1.64 bits per heavy atom. The van der Waals surface area contributed by atoms with Gasteiger partial charge in [0.05, 0.1) is 17.9 Å². The first kappa shape index (κ1) is 43.3. The molecule has 8 unspecified atom stereocenters. The summed E-state index contributed by atoms with van der Waals surface area (Å²) in [5.41, 5.74) is 1.67. The number of rotatable bonds is 14. The lowest BCUT2D eigenvalue weighted by Crippen LogP contribution is -2.63. The Balaban J connectivity index is 1.25. The van der Waals surface area contributed by atoms with Gasteiger partial charge in [0.1, 0.15) is 6.10 Å². The molecule has 1 aromatic carbocycles. The molecule has 9 atom stereocenters. The fraction of sp³-hybridized carbons (Fsp3) is 0.766. The van der Waals surface area contributed by atoms with Crippen molar-refractivity contribution in [2.45, 2.75) is 145 Å². The predicted octanol–water partition coefficient (Wildman–Crippen LogP) is 9.54. The number of allylic oxidation sites excluding steroid dienone is 1. The molecule has 5 aliphatic rings. The van der Waals surface area contributed by atoms with Gasteiger partial charge in [0.15, 0.2) is 5.78 Å². The number of benzene rings is 1. The summed E-state index contributed by atoms with van der Waals surface area (Å²) in [5, 5.41) is 22.9. The van der Waals surface area contributed by atoms with Crippen molar-refractivity contribution >= 4 is 29.3 Å². The maximum absolute atomic E-state index is 14.2. The maximum Gasteiger partial charge on any atom is 0.309 e. The molecule has 6 rings (SSSR count). The molecule has 0 aromatic heterocycles. The number of carbonyl (C=O) groups excluding carboxylic acids is 2. The topological polar surface area (TPSA) is 113 Å². The first-order chi connectivity index (χ1) is 26.2. The van der Waals surface area contributed by atoms with Crippen molar-refractivity contribution in [3.05, 3.63) is 46.0 Å². The van der Waals surface area contributed by atoms with Crippen LogP contribution in [0.25, 0.3) is 0 Å². The third kappa shape index (κ3) is 7.68. The van der Waals surface area contributed by atoms with E-state index in [1.807, 2.05) is 12.1 Å². The van der Waals surface area contributed by atoms with Crippen LogP contribution in [0.4, 0.5) is 0 Å². The molecule has 4 fully saturated rings. The van der Waals surface area contributed by atoms with Crippen molar-refractivity contribution < 1.29 is 34.1 Å². The summed E-state index contributed by atoms with van der Waals surface area (Å²) in [6.45, 7) is 19.7. The number of halogens is 1. The van der Waals surface area contributed by atoms with Crippen LogP contribution in [0.2, 0.25) is 5.02 Å². The average molecular weight is 797 g/mol. The molecule has 0 heterocycles. The van der Waals surface area contributed by atoms with Gasteiger partial charge in [-0.1, -0.05) is 70.8 Å². The van der Waals surface area contributed by atoms with Crippen molar-refractivity contribution in [1.29, 1.82) is 0 Å². The lowest BCUT2D eigenvalue weighted by atomic mass is 9.36. The van der Waals surface area contributed by atoms with E-state index in [2.05, 4.69) is 58.6 Å². The Labute approximate surface area is 341 Å². The highest BCUT2D eigenvalue weighted by Crippen LogP contribution is 2.73. The number of ketones is 1. The third-order valence-corrected chi connectivity index (χ3v) is 16.5. The van der Waals surface area contributed by atoms with E-state index in [0.717, 1.165) is 75.5 Å². The number of carboxylic acid groups (broad SMARTS) is 1. The van der Waals surface area contributed by atoms with Crippen LogP contribution in [0.15, 0.2) is 35.4 Å². The summed E-state index contributed by atoms with van der Waals surface area (Å²) >= 11 is 6.22. The third-order valence-electron chi connectivity index (χ3n) is 16.2. The number of esters is 1. The van der Waals surface area contributed by atoms with E-state index < -0.39 is 28.9 Å². The number of aliphatic carboxylic acids is 1. The summed E-state index contributed by atoms with van der Waals surface area (Å²) in [6.07, 6.45) is 8.10. The molecular weight excluding hydrogens is 726 g/mol. The number of hydrogen-bond acceptors (Lipinski definition) is 7. The van der Waals surface area contributed by atoms with E-state index in [1.165, 1.54) is 5.57 Å². The highest BCUT2D eigenvalue weighted by Gasteiger charge is 2.67. The van der Waals surface area contributed by atoms with E-state index in [1.54, 1.807) is 21.0 Å². The molecule has 1 aromatic rings. The Kier molecular flexibility index (Phi) is 12.4. The van der Waals surface area contributed by atoms with Gasteiger partial charge in [-0.2, -0.15) is 0 Å². The molecule has 0 spiro atoms. The second kappa shape index (κ2) is 16.1. The first-order valence-electron chi connectivity index (χ1n) is 21.6. The molecule has 0 radical (unpaired) electrons. The number of aliphatic hydroxyl groups is 1. The first-order valence-corrected chi connectivity index (χ1v) is 21.9. The molecule has 5 aliphatic carbocycles. The van der Waals surface area contributed by atoms with Crippen molar-refractivity contribution in [3.8, 4) is 0 Å². The van der Waals surface area contributed by atoms with Gasteiger partial charge in [0.25, 0.3) is 0 Å². The molecule has 0 amide bonds. The average Bonchev–Trinajstić information content (AvgIpc) is 3.43. The molecule has 0 bridgehead atoms. The zero-order valence-corrected chi connectivity index (χ0v) is 36.5. The SMILES string of the molecule is COCCCN(Cc1ccc(Cl)cc1)C[C@H](O)C12CCC3C(CCC4C3(C)CCC3C(C)(C)C(OC(=O)CC(C)(C)C(=O)O)CCC34C)C1=C(C(C)C)C(=O)C2. The van der Waals surface area contributed by atoms with Crippen molar-refractivity contribution in [1.82, 2.24) is 4.90 Å². The van der Waals surface area contributed by atoms with Crippen molar-refractivity contribution in [2.75, 3.05) is 26.8 Å². The van der Waals surface area contributed by atoms with Crippen LogP contribution < -0.4 is 0 Å². The minimum atomic E-state index is -1.17. The van der Waals surface area contributed by atoms with Gasteiger partial charge in [0, 0.05) is 55.6 Å². The smallest absolute Gasteiger partial charge is 0.309 e. The van der Waals surface area contributed by atoms with E-state index in [9.17, 15) is 24.6 Å². The number of hydrogen-bond donors (Lipinski definition) is 2. The van der Waals surface area contributed by atoms with E-state index in [-0.39, 0.29) is 46.4 Å². The second-order valence-electron chi connectivity index (χ2n) is 20.7. The van der Waals surface area contributed by atoms with Crippen LogP contribution in [0, 0.1) is 56.7 Å². The number of nitrogens with zero attached hydrogens (tertiary/aromatic N) is 1. The fourth-order valence-electron chi connectivity index (χ4n) is 13.5. The number of carboxylic acids is 1. The molecule has 8 nitrogen and oxygen atoms in total. The lowest BCUT2D eigenvalue weighted by molar-refractivity contribution is -0.214. The van der Waals surface area contributed by atoms with E-state index in [0.29, 0.717) is 48.9 Å². The number of aliphatic hydroxyl groups excluding tert-OH is 1. The Hall–Kier alpha value is -2.26. The summed E-state index contributed by atoms with van der Waals surface area (Å²) in [4.78, 5) is 41.4. The summed E-state index contributed by atoms with van der Waals surface area (Å²) in [5.74, 6) is 0.535. The molecule has 0 saturated heterocycles. The van der Waals surface area contributed by atoms with Gasteiger partial charge >= 0.3 is 11.9 Å². The minimum Gasteiger partial charge on any atom is -0.481 e. The maximum atomic E-state index is 14.2. The van der Waals surface area contributed by atoms with Crippen LogP contribution in [-0.4, -0.2) is 71.8 Å². The highest BCUT2D eigenvalue weighted by atomic mass is 35.5. The Bertz CT molecular complexity index is 1670. The summed E-state index contributed by atoms with van der Waals surface area (Å²) in [7, 11) is 1.73. The quantitative estimate of drug-likeness (QED) is 0.142. The normalized spacial score (nSPS) is 34.4. The Morgan fingerprint density at radius 1 is 0.964 bits per heavy atom. The van der Waals surface area contributed by atoms with E-state index >= 15 is 0 Å². The summed E-state index contributed by atoms with van der Waals surface area (Å²) in [6, 6.07) is 7.95. The van der Waals surface area contributed by atoms with Crippen LogP contribution in [0.3, 0.4) is 0 Å². The second-order valence-corrected chi connectivity index (χ2v) is 21.1. The zero-order chi connectivity index (χ0) is 41.0. The molecule has 312 valence electrons. The van der Waals surface area contributed by atoms with Crippen LogP contribution in [0.1, 0.15) is 132 Å². The lowest BCUT2D eigenvalue weighted by Gasteiger charge is -2.69.